The van der Waals surface area contributed by atoms with Crippen LogP contribution in [0.5, 0.6) is 0 Å². The van der Waals surface area contributed by atoms with E-state index < -0.39 is 6.09 Å². The third-order valence-corrected chi connectivity index (χ3v) is 2.83. The molecule has 17 heavy (non-hydrogen) atoms. The summed E-state index contributed by atoms with van der Waals surface area (Å²) in [4.78, 5) is 11.6. The molecule has 0 heterocycles. The number of benzene rings is 1. The molecule has 0 aromatic heterocycles. The van der Waals surface area contributed by atoms with Crippen molar-refractivity contribution in [2.45, 2.75) is 27.7 Å². The number of hydrogen-bond acceptors (Lipinski definition) is 2. The fourth-order valence-corrected chi connectivity index (χ4v) is 2.23. The Hall–Kier alpha value is -1.03. The molecule has 1 aromatic rings. The van der Waals surface area contributed by atoms with Crippen LogP contribution in [-0.2, 0) is 4.74 Å². The maximum Gasteiger partial charge on any atom is 0.411 e. The van der Waals surface area contributed by atoms with E-state index in [1.54, 1.807) is 0 Å². The predicted molar refractivity (Wildman–Crippen MR) is 73.4 cm³/mol. The third kappa shape index (κ3) is 4.38. The number of rotatable bonds is 3. The Morgan fingerprint density at radius 3 is 2.59 bits per heavy atom. The van der Waals surface area contributed by atoms with E-state index in [4.69, 9.17) is 4.74 Å². The zero-order valence-electron chi connectivity index (χ0n) is 10.6. The number of anilines is 1. The van der Waals surface area contributed by atoms with Gasteiger partial charge in [-0.3, -0.25) is 5.32 Å². The van der Waals surface area contributed by atoms with Crippen LogP contribution in [0, 0.1) is 19.8 Å². The van der Waals surface area contributed by atoms with Crippen LogP contribution in [-0.4, -0.2) is 12.7 Å². The second kappa shape index (κ2) is 6.05. The Bertz CT molecular complexity index is 393. The molecule has 0 bridgehead atoms. The molecule has 0 spiro atoms. The van der Waals surface area contributed by atoms with Crippen LogP contribution in [0.4, 0.5) is 10.5 Å². The van der Waals surface area contributed by atoms with Crippen LogP contribution >= 0.6 is 15.9 Å². The molecule has 0 aliphatic rings. The van der Waals surface area contributed by atoms with Crippen molar-refractivity contribution in [3.05, 3.63) is 27.7 Å². The molecule has 1 amide bonds. The average molecular weight is 300 g/mol. The van der Waals surface area contributed by atoms with Gasteiger partial charge in [0.15, 0.2) is 0 Å². The molecule has 3 nitrogen and oxygen atoms in total. The highest BCUT2D eigenvalue weighted by Gasteiger charge is 2.10. The van der Waals surface area contributed by atoms with Crippen LogP contribution in [0.1, 0.15) is 25.0 Å². The van der Waals surface area contributed by atoms with E-state index in [1.807, 2.05) is 39.8 Å². The fourth-order valence-electron chi connectivity index (χ4n) is 1.45. The van der Waals surface area contributed by atoms with Gasteiger partial charge in [0, 0.05) is 4.47 Å². The van der Waals surface area contributed by atoms with Crippen molar-refractivity contribution >= 4 is 27.7 Å². The van der Waals surface area contributed by atoms with E-state index in [9.17, 15) is 4.79 Å². The summed E-state index contributed by atoms with van der Waals surface area (Å²) in [6.07, 6.45) is -0.411. The van der Waals surface area contributed by atoms with E-state index in [0.717, 1.165) is 21.3 Å². The van der Waals surface area contributed by atoms with Crippen LogP contribution in [0.3, 0.4) is 0 Å². The zero-order valence-corrected chi connectivity index (χ0v) is 12.2. The Labute approximate surface area is 111 Å². The highest BCUT2D eigenvalue weighted by molar-refractivity contribution is 9.10. The first-order valence-electron chi connectivity index (χ1n) is 5.60. The molecule has 1 aromatic carbocycles. The molecule has 0 saturated heterocycles. The third-order valence-electron chi connectivity index (χ3n) is 2.21. The van der Waals surface area contributed by atoms with Crippen molar-refractivity contribution in [3.8, 4) is 0 Å². The smallest absolute Gasteiger partial charge is 0.411 e. The van der Waals surface area contributed by atoms with Crippen LogP contribution in [0.15, 0.2) is 16.6 Å². The molecule has 1 N–H and O–H groups in total. The van der Waals surface area contributed by atoms with Crippen molar-refractivity contribution in [1.82, 2.24) is 0 Å². The van der Waals surface area contributed by atoms with Crippen molar-refractivity contribution < 1.29 is 9.53 Å². The van der Waals surface area contributed by atoms with Gasteiger partial charge in [0.05, 0.1) is 12.3 Å². The van der Waals surface area contributed by atoms with Crippen LogP contribution < -0.4 is 5.32 Å². The lowest BCUT2D eigenvalue weighted by Crippen LogP contribution is -2.17. The molecule has 4 heteroatoms. The van der Waals surface area contributed by atoms with Crippen molar-refractivity contribution in [2.24, 2.45) is 5.92 Å². The summed E-state index contributed by atoms with van der Waals surface area (Å²) in [5.41, 5.74) is 2.93. The van der Waals surface area contributed by atoms with Gasteiger partial charge in [0.2, 0.25) is 0 Å². The molecule has 1 rings (SSSR count). The molecule has 94 valence electrons. The lowest BCUT2D eigenvalue weighted by Gasteiger charge is -2.12. The van der Waals surface area contributed by atoms with Gasteiger partial charge >= 0.3 is 6.09 Å². The predicted octanol–water partition coefficient (Wildman–Crippen LogP) is 4.27. The van der Waals surface area contributed by atoms with Gasteiger partial charge in [0.1, 0.15) is 0 Å². The monoisotopic (exact) mass is 299 g/mol. The topological polar surface area (TPSA) is 38.3 Å². The summed E-state index contributed by atoms with van der Waals surface area (Å²) in [7, 11) is 0. The molecule has 0 radical (unpaired) electrons. The lowest BCUT2D eigenvalue weighted by atomic mass is 10.1. The normalized spacial score (nSPS) is 10.5. The van der Waals surface area contributed by atoms with E-state index in [-0.39, 0.29) is 0 Å². The number of carbonyl (C=O) groups excluding carboxylic acids is 1. The van der Waals surface area contributed by atoms with Gasteiger partial charge in [-0.1, -0.05) is 19.9 Å². The number of carbonyl (C=O) groups is 1. The number of ether oxygens (including phenoxy) is 1. The number of aryl methyl sites for hydroxylation is 2. The Kier molecular flexibility index (Phi) is 5.00. The maximum absolute atomic E-state index is 11.6. The molecule has 0 aliphatic heterocycles. The minimum atomic E-state index is -0.411. The molecule has 0 atom stereocenters. The highest BCUT2D eigenvalue weighted by atomic mass is 79.9. The van der Waals surface area contributed by atoms with E-state index >= 15 is 0 Å². The first-order valence-corrected chi connectivity index (χ1v) is 6.40. The molecule has 0 aliphatic carbocycles. The number of halogens is 1. The van der Waals surface area contributed by atoms with E-state index in [1.165, 1.54) is 0 Å². The molecular weight excluding hydrogens is 282 g/mol. The summed E-state index contributed by atoms with van der Waals surface area (Å²) in [6.45, 7) is 8.39. The van der Waals surface area contributed by atoms with Crippen molar-refractivity contribution in [2.75, 3.05) is 11.9 Å². The Balaban J connectivity index is 2.72. The van der Waals surface area contributed by atoms with Crippen molar-refractivity contribution in [3.63, 3.8) is 0 Å². The SMILES string of the molecule is Cc1cc(C)c(NC(=O)OCC(C)C)c(Br)c1. The highest BCUT2D eigenvalue weighted by Crippen LogP contribution is 2.27. The van der Waals surface area contributed by atoms with E-state index in [2.05, 4.69) is 21.2 Å². The molecular formula is C13H18BrNO2. The quantitative estimate of drug-likeness (QED) is 0.905. The van der Waals surface area contributed by atoms with E-state index in [0.29, 0.717) is 12.5 Å². The van der Waals surface area contributed by atoms with Gasteiger partial charge in [0.25, 0.3) is 0 Å². The summed E-state index contributed by atoms with van der Waals surface area (Å²) >= 11 is 3.44. The summed E-state index contributed by atoms with van der Waals surface area (Å²) in [5, 5.41) is 2.75. The first kappa shape index (κ1) is 14.0. The Morgan fingerprint density at radius 2 is 2.06 bits per heavy atom. The lowest BCUT2D eigenvalue weighted by molar-refractivity contribution is 0.147. The molecule has 0 unspecified atom stereocenters. The second-order valence-electron chi connectivity index (χ2n) is 4.56. The fraction of sp³-hybridized carbons (Fsp3) is 0.462. The van der Waals surface area contributed by atoms with Crippen LogP contribution in [0.2, 0.25) is 0 Å². The second-order valence-corrected chi connectivity index (χ2v) is 5.41. The standard InChI is InChI=1S/C13H18BrNO2/c1-8(2)7-17-13(16)15-12-10(4)5-9(3)6-11(12)14/h5-6,8H,7H2,1-4H3,(H,15,16). The first-order chi connectivity index (χ1) is 7.90. The molecule has 0 saturated carbocycles. The van der Waals surface area contributed by atoms with Gasteiger partial charge in [-0.25, -0.2) is 4.79 Å². The summed E-state index contributed by atoms with van der Waals surface area (Å²) < 4.78 is 5.95. The van der Waals surface area contributed by atoms with Crippen LogP contribution in [0.25, 0.3) is 0 Å². The summed E-state index contributed by atoms with van der Waals surface area (Å²) in [6, 6.07) is 3.98. The van der Waals surface area contributed by atoms with Gasteiger partial charge < -0.3 is 4.74 Å². The largest absolute Gasteiger partial charge is 0.449 e. The average Bonchev–Trinajstić information content (AvgIpc) is 2.20. The number of hydrogen-bond donors (Lipinski definition) is 1. The minimum absolute atomic E-state index is 0.336. The molecule has 0 fully saturated rings. The Morgan fingerprint density at radius 1 is 1.41 bits per heavy atom. The number of nitrogens with one attached hydrogen (secondary N) is 1. The summed E-state index contributed by atoms with van der Waals surface area (Å²) in [5.74, 6) is 0.336. The zero-order chi connectivity index (χ0) is 13.0. The minimum Gasteiger partial charge on any atom is -0.449 e. The van der Waals surface area contributed by atoms with Crippen molar-refractivity contribution in [1.29, 1.82) is 0 Å². The van der Waals surface area contributed by atoms with Gasteiger partial charge in [-0.05, 0) is 52.9 Å². The van der Waals surface area contributed by atoms with Gasteiger partial charge in [-0.2, -0.15) is 0 Å². The van der Waals surface area contributed by atoms with Gasteiger partial charge in [-0.15, -0.1) is 0 Å². The maximum atomic E-state index is 11.6. The number of amides is 1.